The number of allylic oxidation sites excluding steroid dienone is 1. The standard InChI is InChI=1S/C26H31BrO6S/c1-2-6-18(13-19-14-21(27)10-12-23(19)29)9-11-24(30)26-20(17-34(31,32)25(26)15-28)16-33-22-7-4-3-5-8-22/h3-5,7-8,10,12-14,24-25,28-30H,2,6,9,11,15-17H2,1H3/b18-13+/t24-,25+/m1/s1. The fourth-order valence-corrected chi connectivity index (χ4v) is 6.50. The minimum atomic E-state index is -3.61. The third-order valence-electron chi connectivity index (χ3n) is 5.90. The lowest BCUT2D eigenvalue weighted by Gasteiger charge is -2.20. The van der Waals surface area contributed by atoms with E-state index in [9.17, 15) is 23.7 Å². The predicted octanol–water partition coefficient (Wildman–Crippen LogP) is 4.64. The van der Waals surface area contributed by atoms with E-state index in [1.54, 1.807) is 24.3 Å². The average Bonchev–Trinajstić information content (AvgIpc) is 3.08. The van der Waals surface area contributed by atoms with E-state index in [0.717, 1.165) is 22.9 Å². The van der Waals surface area contributed by atoms with Crippen molar-refractivity contribution in [1.29, 1.82) is 0 Å². The maximum Gasteiger partial charge on any atom is 0.163 e. The molecule has 3 rings (SSSR count). The average molecular weight is 551 g/mol. The Hall–Kier alpha value is -2.13. The van der Waals surface area contributed by atoms with Gasteiger partial charge in [0.2, 0.25) is 0 Å². The number of phenols is 1. The second-order valence-electron chi connectivity index (χ2n) is 8.45. The summed E-state index contributed by atoms with van der Waals surface area (Å²) in [6.45, 7) is 1.51. The Morgan fingerprint density at radius 3 is 2.62 bits per heavy atom. The molecular weight excluding hydrogens is 520 g/mol. The molecule has 0 fully saturated rings. The fraction of sp³-hybridized carbons (Fsp3) is 0.385. The number of ether oxygens (including phenoxy) is 1. The molecule has 0 amide bonds. The molecule has 1 aliphatic rings. The number of aromatic hydroxyl groups is 1. The number of aliphatic hydroxyl groups is 2. The zero-order valence-corrected chi connectivity index (χ0v) is 21.6. The molecule has 3 N–H and O–H groups in total. The third kappa shape index (κ3) is 6.72. The smallest absolute Gasteiger partial charge is 0.163 e. The summed E-state index contributed by atoms with van der Waals surface area (Å²) >= 11 is 3.42. The lowest BCUT2D eigenvalue weighted by atomic mass is 9.93. The number of rotatable bonds is 11. The summed E-state index contributed by atoms with van der Waals surface area (Å²) in [5, 5.41) is 29.9. The highest BCUT2D eigenvalue weighted by Gasteiger charge is 2.41. The molecule has 6 nitrogen and oxygen atoms in total. The van der Waals surface area contributed by atoms with Crippen molar-refractivity contribution in [2.45, 2.75) is 44.0 Å². The van der Waals surface area contributed by atoms with Gasteiger partial charge >= 0.3 is 0 Å². The first-order valence-corrected chi connectivity index (χ1v) is 13.8. The highest BCUT2D eigenvalue weighted by atomic mass is 79.9. The van der Waals surface area contributed by atoms with Crippen LogP contribution in [0, 0.1) is 0 Å². The maximum atomic E-state index is 12.7. The summed E-state index contributed by atoms with van der Waals surface area (Å²) in [6, 6.07) is 14.3. The Morgan fingerprint density at radius 1 is 1.21 bits per heavy atom. The van der Waals surface area contributed by atoms with Crippen LogP contribution in [0.3, 0.4) is 0 Å². The van der Waals surface area contributed by atoms with Crippen LogP contribution in [0.15, 0.2) is 69.7 Å². The number of halogens is 1. The van der Waals surface area contributed by atoms with Crippen molar-refractivity contribution in [3.63, 3.8) is 0 Å². The number of aliphatic hydroxyl groups excluding tert-OH is 2. The first kappa shape index (κ1) is 26.5. The Labute approximate surface area is 209 Å². The van der Waals surface area contributed by atoms with E-state index in [1.807, 2.05) is 30.3 Å². The number of para-hydroxylation sites is 1. The zero-order valence-electron chi connectivity index (χ0n) is 19.2. The number of hydrogen-bond acceptors (Lipinski definition) is 6. The van der Waals surface area contributed by atoms with E-state index in [1.165, 1.54) is 0 Å². The molecule has 8 heteroatoms. The molecule has 1 aliphatic heterocycles. The molecular formula is C26H31BrO6S. The van der Waals surface area contributed by atoms with Crippen molar-refractivity contribution in [2.24, 2.45) is 0 Å². The van der Waals surface area contributed by atoms with Crippen molar-refractivity contribution in [2.75, 3.05) is 19.0 Å². The molecule has 34 heavy (non-hydrogen) atoms. The first-order valence-electron chi connectivity index (χ1n) is 11.3. The van der Waals surface area contributed by atoms with Crippen LogP contribution in [-0.2, 0) is 9.84 Å². The Bertz CT molecular complexity index is 1140. The van der Waals surface area contributed by atoms with Crippen LogP contribution >= 0.6 is 15.9 Å². The van der Waals surface area contributed by atoms with Crippen LogP contribution in [0.4, 0.5) is 0 Å². The topological polar surface area (TPSA) is 104 Å². The van der Waals surface area contributed by atoms with Crippen molar-refractivity contribution in [1.82, 2.24) is 0 Å². The lowest BCUT2D eigenvalue weighted by Crippen LogP contribution is -2.29. The van der Waals surface area contributed by atoms with Crippen molar-refractivity contribution in [3.05, 3.63) is 75.3 Å². The van der Waals surface area contributed by atoms with Crippen molar-refractivity contribution < 1.29 is 28.5 Å². The van der Waals surface area contributed by atoms with Gasteiger partial charge in [-0.05, 0) is 60.7 Å². The van der Waals surface area contributed by atoms with Crippen molar-refractivity contribution >= 4 is 31.8 Å². The molecule has 2 aromatic carbocycles. The summed E-state index contributed by atoms with van der Waals surface area (Å²) in [6.07, 6.45) is 3.39. The molecule has 0 saturated heterocycles. The summed E-state index contributed by atoms with van der Waals surface area (Å²) < 4.78 is 32.0. The number of benzene rings is 2. The van der Waals surface area contributed by atoms with E-state index < -0.39 is 27.8 Å². The van der Waals surface area contributed by atoms with Crippen LogP contribution in [0.5, 0.6) is 11.5 Å². The molecule has 0 saturated carbocycles. The minimum absolute atomic E-state index is 0.0374. The van der Waals surface area contributed by atoms with Crippen LogP contribution < -0.4 is 4.74 Å². The molecule has 0 bridgehead atoms. The normalized spacial score (nSPS) is 18.8. The van der Waals surface area contributed by atoms with Gasteiger partial charge in [-0.2, -0.15) is 0 Å². The Morgan fingerprint density at radius 2 is 1.94 bits per heavy atom. The molecule has 0 unspecified atom stereocenters. The molecule has 0 aromatic heterocycles. The van der Waals surface area contributed by atoms with Crippen molar-refractivity contribution in [3.8, 4) is 11.5 Å². The van der Waals surface area contributed by atoms with Crippen LogP contribution in [0.1, 0.15) is 38.2 Å². The second kappa shape index (κ2) is 12.0. The van der Waals surface area contributed by atoms with Crippen LogP contribution in [0.2, 0.25) is 0 Å². The molecule has 0 radical (unpaired) electrons. The predicted molar refractivity (Wildman–Crippen MR) is 138 cm³/mol. The Balaban J connectivity index is 1.80. The van der Waals surface area contributed by atoms with Gasteiger partial charge in [0.15, 0.2) is 9.84 Å². The van der Waals surface area contributed by atoms with Gasteiger partial charge in [0, 0.05) is 10.0 Å². The van der Waals surface area contributed by atoms with Gasteiger partial charge in [0.25, 0.3) is 0 Å². The van der Waals surface area contributed by atoms with E-state index in [0.29, 0.717) is 35.3 Å². The number of phenolic OH excluding ortho intramolecular Hbond substituents is 1. The molecule has 1 heterocycles. The van der Waals surface area contributed by atoms with Gasteiger partial charge < -0.3 is 20.1 Å². The first-order chi connectivity index (χ1) is 16.2. The van der Waals surface area contributed by atoms with Crippen LogP contribution in [0.25, 0.3) is 6.08 Å². The van der Waals surface area contributed by atoms with E-state index >= 15 is 0 Å². The fourth-order valence-electron chi connectivity index (χ4n) is 4.25. The number of hydrogen-bond donors (Lipinski definition) is 3. The van der Waals surface area contributed by atoms with E-state index in [-0.39, 0.29) is 18.1 Å². The van der Waals surface area contributed by atoms with Gasteiger partial charge in [-0.25, -0.2) is 8.42 Å². The SMILES string of the molecule is CCC/C(=C\c1cc(Br)ccc1O)CC[C@@H](O)C1=C(COc2ccccc2)CS(=O)(=O)[C@H]1CO. The second-order valence-corrected chi connectivity index (χ2v) is 11.5. The molecule has 184 valence electrons. The highest BCUT2D eigenvalue weighted by Crippen LogP contribution is 2.33. The Kier molecular flexibility index (Phi) is 9.36. The third-order valence-corrected chi connectivity index (χ3v) is 8.42. The van der Waals surface area contributed by atoms with Gasteiger partial charge in [0.05, 0.1) is 18.5 Å². The van der Waals surface area contributed by atoms with E-state index in [4.69, 9.17) is 4.74 Å². The van der Waals surface area contributed by atoms with E-state index in [2.05, 4.69) is 22.9 Å². The quantitative estimate of drug-likeness (QED) is 0.352. The summed E-state index contributed by atoms with van der Waals surface area (Å²) in [5.74, 6) is 0.541. The van der Waals surface area contributed by atoms with Crippen LogP contribution in [-0.4, -0.2) is 54.1 Å². The minimum Gasteiger partial charge on any atom is -0.507 e. The molecule has 0 spiro atoms. The molecule has 2 atom stereocenters. The maximum absolute atomic E-state index is 12.7. The lowest BCUT2D eigenvalue weighted by molar-refractivity contribution is 0.187. The number of sulfone groups is 1. The van der Waals surface area contributed by atoms with Gasteiger partial charge in [-0.15, -0.1) is 0 Å². The molecule has 2 aromatic rings. The summed E-state index contributed by atoms with van der Waals surface area (Å²) in [4.78, 5) is 0. The van der Waals surface area contributed by atoms with Gasteiger partial charge in [-0.1, -0.05) is 59.1 Å². The zero-order chi connectivity index (χ0) is 24.7. The largest absolute Gasteiger partial charge is 0.507 e. The summed E-state index contributed by atoms with van der Waals surface area (Å²) in [5.41, 5.74) is 2.57. The van der Waals surface area contributed by atoms with Gasteiger partial charge in [0.1, 0.15) is 23.4 Å². The highest BCUT2D eigenvalue weighted by molar-refractivity contribution is 9.10. The monoisotopic (exact) mass is 550 g/mol. The van der Waals surface area contributed by atoms with Gasteiger partial charge in [-0.3, -0.25) is 0 Å². The molecule has 0 aliphatic carbocycles. The summed E-state index contributed by atoms with van der Waals surface area (Å²) in [7, 11) is -3.61.